The Kier molecular flexibility index (Phi) is 8.11. The predicted molar refractivity (Wildman–Crippen MR) is 126 cm³/mol. The Labute approximate surface area is 184 Å². The summed E-state index contributed by atoms with van der Waals surface area (Å²) in [5.41, 5.74) is 2.90. The van der Waals surface area contributed by atoms with Gasteiger partial charge in [0.05, 0.1) is 18.0 Å². The molecule has 2 aromatic rings. The minimum absolute atomic E-state index is 0. The number of halogens is 1. The molecule has 0 amide bonds. The summed E-state index contributed by atoms with van der Waals surface area (Å²) in [7, 11) is 0.733. The molecule has 0 unspecified atom stereocenters. The van der Waals surface area contributed by atoms with Crippen LogP contribution in [0, 0.1) is 0 Å². The van der Waals surface area contributed by atoms with Gasteiger partial charge in [0.25, 0.3) is 0 Å². The van der Waals surface area contributed by atoms with Gasteiger partial charge in [0, 0.05) is 27.2 Å². The molecule has 1 aliphatic heterocycles. The first-order valence-corrected chi connectivity index (χ1v) is 10.7. The first-order valence-electron chi connectivity index (χ1n) is 9.04. The van der Waals surface area contributed by atoms with Gasteiger partial charge in [-0.2, -0.15) is 0 Å². The highest BCUT2D eigenvalue weighted by Gasteiger charge is 2.28. The van der Waals surface area contributed by atoms with Crippen LogP contribution in [0.3, 0.4) is 0 Å². The second-order valence-corrected chi connectivity index (χ2v) is 8.80. The zero-order chi connectivity index (χ0) is 19.3. The number of anilines is 1. The summed E-state index contributed by atoms with van der Waals surface area (Å²) < 4.78 is 25.8. The van der Waals surface area contributed by atoms with Crippen LogP contribution >= 0.6 is 24.0 Å². The van der Waals surface area contributed by atoms with Crippen molar-refractivity contribution >= 4 is 45.6 Å². The van der Waals surface area contributed by atoms with Crippen LogP contribution in [0.25, 0.3) is 0 Å². The van der Waals surface area contributed by atoms with Gasteiger partial charge in [-0.05, 0) is 29.7 Å². The molecule has 1 fully saturated rings. The number of benzene rings is 2. The molecule has 1 saturated heterocycles. The van der Waals surface area contributed by atoms with Crippen LogP contribution in [0.5, 0.6) is 0 Å². The number of sulfonamides is 1. The lowest BCUT2D eigenvalue weighted by Crippen LogP contribution is -2.36. The Bertz CT molecular complexity index is 901. The Morgan fingerprint density at radius 2 is 1.82 bits per heavy atom. The Balaban J connectivity index is 0.00000280. The molecule has 8 heteroatoms. The number of aliphatic imine (C=N–C) groups is 1. The molecule has 1 heterocycles. The van der Waals surface area contributed by atoms with E-state index in [1.807, 2.05) is 61.5 Å². The molecule has 0 aromatic heterocycles. The predicted octanol–water partition coefficient (Wildman–Crippen LogP) is 3.05. The summed E-state index contributed by atoms with van der Waals surface area (Å²) in [5.74, 6) is 1.02. The van der Waals surface area contributed by atoms with Crippen LogP contribution in [0.15, 0.2) is 59.6 Å². The van der Waals surface area contributed by atoms with Crippen molar-refractivity contribution < 1.29 is 8.42 Å². The summed E-state index contributed by atoms with van der Waals surface area (Å²) in [6.07, 6.45) is 0.679. The average Bonchev–Trinajstić information content (AvgIpc) is 3.01. The highest BCUT2D eigenvalue weighted by molar-refractivity contribution is 14.0. The van der Waals surface area contributed by atoms with Crippen LogP contribution in [-0.4, -0.2) is 45.7 Å². The van der Waals surface area contributed by atoms with Crippen LogP contribution in [0.4, 0.5) is 5.69 Å². The van der Waals surface area contributed by atoms with E-state index in [1.165, 1.54) is 9.87 Å². The van der Waals surface area contributed by atoms with E-state index in [9.17, 15) is 8.42 Å². The van der Waals surface area contributed by atoms with Gasteiger partial charge < -0.3 is 10.2 Å². The first-order chi connectivity index (χ1) is 13.0. The highest BCUT2D eigenvalue weighted by atomic mass is 127. The molecule has 1 N–H and O–H groups in total. The lowest BCUT2D eigenvalue weighted by atomic mass is 10.2. The topological polar surface area (TPSA) is 65.0 Å². The Morgan fingerprint density at radius 1 is 1.11 bits per heavy atom. The van der Waals surface area contributed by atoms with Crippen molar-refractivity contribution in [2.45, 2.75) is 19.5 Å². The van der Waals surface area contributed by atoms with Gasteiger partial charge in [-0.3, -0.25) is 4.31 Å². The third-order valence-corrected chi connectivity index (χ3v) is 6.30. The standard InChI is InChI=1S/C20H26N4O2S.HI/c1-23(2)20(21-15-17-8-4-3-5-9-17)22-16-18-10-6-11-19(14-18)24-12-7-13-27(24,25)26;/h3-6,8-11,14H,7,12-13,15-16H2,1-2H3,(H,21,22);1H. The van der Waals surface area contributed by atoms with E-state index in [-0.39, 0.29) is 29.7 Å². The number of rotatable bonds is 5. The van der Waals surface area contributed by atoms with Crippen LogP contribution in [0.2, 0.25) is 0 Å². The average molecular weight is 514 g/mol. The van der Waals surface area contributed by atoms with Crippen LogP contribution in [-0.2, 0) is 23.1 Å². The third-order valence-electron chi connectivity index (χ3n) is 4.43. The van der Waals surface area contributed by atoms with Gasteiger partial charge in [-0.25, -0.2) is 13.4 Å². The van der Waals surface area contributed by atoms with Crippen LogP contribution in [0.1, 0.15) is 17.5 Å². The van der Waals surface area contributed by atoms with Crippen molar-refractivity contribution in [3.63, 3.8) is 0 Å². The van der Waals surface area contributed by atoms with Gasteiger partial charge in [-0.15, -0.1) is 24.0 Å². The summed E-state index contributed by atoms with van der Waals surface area (Å²) >= 11 is 0. The van der Waals surface area contributed by atoms with Gasteiger partial charge >= 0.3 is 0 Å². The lowest BCUT2D eigenvalue weighted by Gasteiger charge is -2.19. The van der Waals surface area contributed by atoms with E-state index >= 15 is 0 Å². The van der Waals surface area contributed by atoms with E-state index < -0.39 is 10.0 Å². The summed E-state index contributed by atoms with van der Waals surface area (Å²) in [6, 6.07) is 17.8. The summed E-state index contributed by atoms with van der Waals surface area (Å²) in [6.45, 7) is 1.73. The first kappa shape index (κ1) is 22.5. The normalized spacial score (nSPS) is 15.8. The molecular weight excluding hydrogens is 487 g/mol. The molecule has 1 aliphatic rings. The Hall–Kier alpha value is -1.81. The maximum absolute atomic E-state index is 12.1. The monoisotopic (exact) mass is 514 g/mol. The van der Waals surface area contributed by atoms with E-state index in [4.69, 9.17) is 0 Å². The molecule has 0 bridgehead atoms. The molecular formula is C20H27IN4O2S. The van der Waals surface area contributed by atoms with Crippen molar-refractivity contribution in [2.75, 3.05) is 30.7 Å². The van der Waals surface area contributed by atoms with Gasteiger partial charge in [-0.1, -0.05) is 42.5 Å². The van der Waals surface area contributed by atoms with E-state index in [1.54, 1.807) is 0 Å². The molecule has 2 aromatic carbocycles. The highest BCUT2D eigenvalue weighted by Crippen LogP contribution is 2.24. The third kappa shape index (κ3) is 5.84. The summed E-state index contributed by atoms with van der Waals surface area (Å²) in [5, 5.41) is 3.36. The fourth-order valence-corrected chi connectivity index (χ4v) is 4.59. The smallest absolute Gasteiger partial charge is 0.235 e. The minimum atomic E-state index is -3.16. The second kappa shape index (κ2) is 10.1. The maximum atomic E-state index is 12.1. The molecule has 6 nitrogen and oxygen atoms in total. The van der Waals surface area contributed by atoms with Crippen molar-refractivity contribution in [2.24, 2.45) is 4.99 Å². The number of nitrogens with zero attached hydrogens (tertiary/aromatic N) is 3. The van der Waals surface area contributed by atoms with Gasteiger partial charge in [0.2, 0.25) is 10.0 Å². The molecule has 0 atom stereocenters. The molecule has 0 spiro atoms. The molecule has 0 radical (unpaired) electrons. The fraction of sp³-hybridized carbons (Fsp3) is 0.350. The summed E-state index contributed by atoms with van der Waals surface area (Å²) in [4.78, 5) is 6.62. The van der Waals surface area contributed by atoms with E-state index in [0.717, 1.165) is 17.2 Å². The van der Waals surface area contributed by atoms with Gasteiger partial charge in [0.15, 0.2) is 5.96 Å². The number of nitrogens with one attached hydrogen (secondary N) is 1. The van der Waals surface area contributed by atoms with Gasteiger partial charge in [0.1, 0.15) is 0 Å². The maximum Gasteiger partial charge on any atom is 0.235 e. The van der Waals surface area contributed by atoms with Crippen LogP contribution < -0.4 is 9.62 Å². The number of guanidine groups is 1. The number of hydrogen-bond acceptors (Lipinski definition) is 3. The molecule has 0 aliphatic carbocycles. The molecule has 0 saturated carbocycles. The van der Waals surface area contributed by atoms with Crippen molar-refractivity contribution in [3.8, 4) is 0 Å². The quantitative estimate of drug-likeness (QED) is 0.379. The Morgan fingerprint density at radius 3 is 2.46 bits per heavy atom. The molecule has 3 rings (SSSR count). The van der Waals surface area contributed by atoms with E-state index in [2.05, 4.69) is 22.4 Å². The van der Waals surface area contributed by atoms with Crippen molar-refractivity contribution in [1.82, 2.24) is 10.2 Å². The SMILES string of the molecule is CN(C)C(=NCc1cccc(N2CCCS2(=O)=O)c1)NCc1ccccc1.I. The van der Waals surface area contributed by atoms with Crippen molar-refractivity contribution in [1.29, 1.82) is 0 Å². The minimum Gasteiger partial charge on any atom is -0.352 e. The largest absolute Gasteiger partial charge is 0.352 e. The zero-order valence-corrected chi connectivity index (χ0v) is 19.4. The van der Waals surface area contributed by atoms with E-state index in [0.29, 0.717) is 26.1 Å². The fourth-order valence-electron chi connectivity index (χ4n) is 3.04. The molecule has 152 valence electrons. The second-order valence-electron chi connectivity index (χ2n) is 6.79. The lowest BCUT2D eigenvalue weighted by molar-refractivity contribution is 0.578. The number of hydrogen-bond donors (Lipinski definition) is 1. The van der Waals surface area contributed by atoms with Crippen molar-refractivity contribution in [3.05, 3.63) is 65.7 Å². The molecule has 28 heavy (non-hydrogen) atoms. The zero-order valence-electron chi connectivity index (χ0n) is 16.2.